The van der Waals surface area contributed by atoms with Crippen LogP contribution in [0, 0.1) is 13.8 Å². The fourth-order valence-corrected chi connectivity index (χ4v) is 3.67. The van der Waals surface area contributed by atoms with Crippen LogP contribution in [0.4, 0.5) is 22.9 Å². The molecule has 2 heterocycles. The van der Waals surface area contributed by atoms with Crippen LogP contribution in [0.2, 0.25) is 0 Å². The molecule has 0 amide bonds. The van der Waals surface area contributed by atoms with Crippen molar-refractivity contribution in [2.45, 2.75) is 26.9 Å². The molecule has 1 aromatic heterocycles. The number of benzene rings is 2. The van der Waals surface area contributed by atoms with Crippen molar-refractivity contribution >= 4 is 22.9 Å². The Labute approximate surface area is 154 Å². The summed E-state index contributed by atoms with van der Waals surface area (Å²) in [6, 6.07) is 20.1. The van der Waals surface area contributed by atoms with Crippen molar-refractivity contribution in [3.05, 3.63) is 78.0 Å². The van der Waals surface area contributed by atoms with E-state index >= 15 is 0 Å². The molecule has 0 aliphatic carbocycles. The van der Waals surface area contributed by atoms with Gasteiger partial charge in [0.2, 0.25) is 0 Å². The van der Waals surface area contributed by atoms with Crippen LogP contribution in [0.15, 0.2) is 66.9 Å². The molecular weight excluding hydrogens is 306 g/mol. The highest BCUT2D eigenvalue weighted by Crippen LogP contribution is 2.47. The second-order valence-electron chi connectivity index (χ2n) is 6.53. The van der Waals surface area contributed by atoms with Crippen LogP contribution in [0.25, 0.3) is 0 Å². The average Bonchev–Trinajstić information content (AvgIpc) is 2.94. The lowest BCUT2D eigenvalue weighted by atomic mass is 10.1. The third kappa shape index (κ3) is 2.47. The zero-order valence-electron chi connectivity index (χ0n) is 17.8. The van der Waals surface area contributed by atoms with E-state index in [1.165, 1.54) is 5.56 Å². The monoisotopic (exact) mass is 333 g/mol. The van der Waals surface area contributed by atoms with Crippen LogP contribution in [0.1, 0.15) is 22.2 Å². The van der Waals surface area contributed by atoms with E-state index in [2.05, 4.69) is 54.0 Å². The Balaban J connectivity index is 1.90. The predicted molar refractivity (Wildman–Crippen MR) is 104 cm³/mol. The summed E-state index contributed by atoms with van der Waals surface area (Å²) in [5, 5.41) is 0. The van der Waals surface area contributed by atoms with Gasteiger partial charge in [-0.2, -0.15) is 0 Å². The molecule has 1 atom stereocenters. The maximum Gasteiger partial charge on any atom is 0.283 e. The summed E-state index contributed by atoms with van der Waals surface area (Å²) in [4.78, 5) is 4.52. The Morgan fingerprint density at radius 3 is 2.24 bits per heavy atom. The van der Waals surface area contributed by atoms with Gasteiger partial charge in [0.25, 0.3) is 5.82 Å². The van der Waals surface area contributed by atoms with Gasteiger partial charge in [-0.3, -0.25) is 4.90 Å². The predicted octanol–water partition coefficient (Wildman–Crippen LogP) is 4.76. The van der Waals surface area contributed by atoms with Gasteiger partial charge < -0.3 is 0 Å². The van der Waals surface area contributed by atoms with Gasteiger partial charge in [0, 0.05) is 15.9 Å². The van der Waals surface area contributed by atoms with Crippen molar-refractivity contribution in [2.75, 3.05) is 9.80 Å². The maximum atomic E-state index is 7.80. The molecule has 1 aliphatic rings. The van der Waals surface area contributed by atoms with Crippen molar-refractivity contribution in [1.29, 1.82) is 0 Å². The van der Waals surface area contributed by atoms with Crippen LogP contribution in [-0.4, -0.2) is 6.17 Å². The molecule has 0 N–H and O–H groups in total. The lowest BCUT2D eigenvalue weighted by molar-refractivity contribution is -0.658. The quantitative estimate of drug-likeness (QED) is 0.626. The number of aromatic nitrogens is 1. The molecule has 0 fully saturated rings. The van der Waals surface area contributed by atoms with E-state index in [9.17, 15) is 0 Å². The molecular formula is C22H24N3+. The number of hydrogen-bond acceptors (Lipinski definition) is 2. The Hall–Kier alpha value is -2.81. The first-order chi connectivity index (χ1) is 13.3. The summed E-state index contributed by atoms with van der Waals surface area (Å²) in [6.07, 6.45) is 1.82. The molecule has 126 valence electrons. The number of anilines is 4. The first kappa shape index (κ1) is 12.5. The maximum absolute atomic E-state index is 7.80. The average molecular weight is 333 g/mol. The Morgan fingerprint density at radius 1 is 0.920 bits per heavy atom. The van der Waals surface area contributed by atoms with E-state index in [0.717, 1.165) is 22.9 Å². The highest BCUT2D eigenvalue weighted by Gasteiger charge is 2.41. The lowest BCUT2D eigenvalue weighted by Crippen LogP contribution is -2.43. The standard InChI is InChI=1S/C22H24N3/c1-16-13-14-23(4)22(15-16)25-18(3)24(19-10-6-5-9-17(19)2)20-11-7-8-12-21(20)25/h5-15,18H,1-4H3/q+1/t18-/m1/s1/i1D3. The van der Waals surface area contributed by atoms with Crippen molar-refractivity contribution in [1.82, 2.24) is 0 Å². The summed E-state index contributed by atoms with van der Waals surface area (Å²) in [6.45, 7) is 2.12. The van der Waals surface area contributed by atoms with Gasteiger partial charge in [-0.1, -0.05) is 30.3 Å². The molecule has 0 saturated heterocycles. The third-order valence-corrected chi connectivity index (χ3v) is 4.89. The van der Waals surface area contributed by atoms with E-state index in [1.54, 1.807) is 12.1 Å². The summed E-state index contributed by atoms with van der Waals surface area (Å²) >= 11 is 0. The summed E-state index contributed by atoms with van der Waals surface area (Å²) in [5.41, 5.74) is 4.88. The minimum absolute atomic E-state index is 0.00319. The SMILES string of the molecule is [2H]C([2H])([2H])c1cc[n+](C)c(N2c3ccccc3N(c3ccccc3C)[C@H]2C)c1. The van der Waals surface area contributed by atoms with Gasteiger partial charge in [-0.15, -0.1) is 0 Å². The van der Waals surface area contributed by atoms with Gasteiger partial charge in [0.05, 0.1) is 18.9 Å². The molecule has 0 bridgehead atoms. The molecule has 1 aliphatic heterocycles. The van der Waals surface area contributed by atoms with E-state index < -0.39 is 6.85 Å². The largest absolute Gasteiger partial charge is 0.298 e. The lowest BCUT2D eigenvalue weighted by Gasteiger charge is -2.26. The van der Waals surface area contributed by atoms with Gasteiger partial charge >= 0.3 is 0 Å². The number of hydrogen-bond donors (Lipinski definition) is 0. The number of nitrogens with zero attached hydrogens (tertiary/aromatic N) is 3. The molecule has 0 spiro atoms. The number of rotatable bonds is 2. The van der Waals surface area contributed by atoms with Gasteiger partial charge in [-0.05, 0) is 56.1 Å². The summed E-state index contributed by atoms with van der Waals surface area (Å²) in [7, 11) is 1.95. The smallest absolute Gasteiger partial charge is 0.283 e. The number of pyridine rings is 1. The molecule has 0 unspecified atom stereocenters. The van der Waals surface area contributed by atoms with E-state index in [4.69, 9.17) is 4.11 Å². The zero-order valence-corrected chi connectivity index (χ0v) is 14.8. The number of para-hydroxylation sites is 3. The van der Waals surface area contributed by atoms with Crippen LogP contribution in [-0.2, 0) is 7.05 Å². The Morgan fingerprint density at radius 2 is 1.56 bits per heavy atom. The minimum atomic E-state index is -2.14. The van der Waals surface area contributed by atoms with Crippen LogP contribution in [0.3, 0.4) is 0 Å². The van der Waals surface area contributed by atoms with Crippen LogP contribution < -0.4 is 14.4 Å². The second-order valence-corrected chi connectivity index (χ2v) is 6.53. The first-order valence-corrected chi connectivity index (χ1v) is 8.52. The van der Waals surface area contributed by atoms with Crippen LogP contribution >= 0.6 is 0 Å². The third-order valence-electron chi connectivity index (χ3n) is 4.89. The molecule has 4 rings (SSSR count). The molecule has 2 aromatic carbocycles. The fourth-order valence-electron chi connectivity index (χ4n) is 3.67. The minimum Gasteiger partial charge on any atom is -0.298 e. The number of aryl methyl sites for hydroxylation is 3. The van der Waals surface area contributed by atoms with Crippen molar-refractivity contribution in [3.63, 3.8) is 0 Å². The second kappa shape index (κ2) is 5.92. The van der Waals surface area contributed by atoms with Crippen LogP contribution in [0.5, 0.6) is 0 Å². The van der Waals surface area contributed by atoms with Gasteiger partial charge in [-0.25, -0.2) is 9.47 Å². The normalized spacial score (nSPS) is 18.5. The number of fused-ring (bicyclic) bond motifs is 1. The topological polar surface area (TPSA) is 10.4 Å². The summed E-state index contributed by atoms with van der Waals surface area (Å²) in [5.74, 6) is 0.852. The molecule has 3 nitrogen and oxygen atoms in total. The highest BCUT2D eigenvalue weighted by molar-refractivity contribution is 5.87. The molecule has 3 heteroatoms. The van der Waals surface area contributed by atoms with Crippen molar-refractivity contribution in [3.8, 4) is 0 Å². The van der Waals surface area contributed by atoms with E-state index in [1.807, 2.05) is 36.0 Å². The highest BCUT2D eigenvalue weighted by atomic mass is 15.4. The molecule has 3 aromatic rings. The van der Waals surface area contributed by atoms with Crippen molar-refractivity contribution < 1.29 is 8.68 Å². The molecule has 0 saturated carbocycles. The van der Waals surface area contributed by atoms with Gasteiger partial charge in [0.1, 0.15) is 0 Å². The summed E-state index contributed by atoms with van der Waals surface area (Å²) < 4.78 is 25.4. The zero-order chi connectivity index (χ0) is 20.1. The molecule has 25 heavy (non-hydrogen) atoms. The van der Waals surface area contributed by atoms with E-state index in [0.29, 0.717) is 5.56 Å². The van der Waals surface area contributed by atoms with Gasteiger partial charge in [0.15, 0.2) is 11.9 Å². The molecule has 0 radical (unpaired) electrons. The van der Waals surface area contributed by atoms with Crippen molar-refractivity contribution in [2.24, 2.45) is 7.05 Å². The fraction of sp³-hybridized carbons (Fsp3) is 0.227. The Kier molecular flexibility index (Phi) is 2.97. The Bertz CT molecular complexity index is 1030. The first-order valence-electron chi connectivity index (χ1n) is 10.0. The van der Waals surface area contributed by atoms with E-state index in [-0.39, 0.29) is 6.17 Å².